The number of guanidine groups is 1. The summed E-state index contributed by atoms with van der Waals surface area (Å²) in [6, 6.07) is 3.89. The molecule has 3 rings (SSSR count). The van der Waals surface area contributed by atoms with E-state index in [1.54, 1.807) is 0 Å². The number of rotatable bonds is 5. The molecule has 1 saturated heterocycles. The molecule has 2 aliphatic rings. The SMILES string of the molecule is CCNC(=NCc1c(O)ccc2c1CCCC2)NCC1(C)CCCO1.I. The average Bonchev–Trinajstić information content (AvgIpc) is 3.05. The third kappa shape index (κ3) is 5.25. The van der Waals surface area contributed by atoms with Crippen LogP contribution < -0.4 is 10.6 Å². The van der Waals surface area contributed by atoms with Crippen LogP contribution in [0.4, 0.5) is 0 Å². The van der Waals surface area contributed by atoms with Crippen LogP contribution in [0.3, 0.4) is 0 Å². The third-order valence-electron chi connectivity index (χ3n) is 5.30. The van der Waals surface area contributed by atoms with Gasteiger partial charge in [0.15, 0.2) is 5.96 Å². The lowest BCUT2D eigenvalue weighted by atomic mass is 9.88. The second kappa shape index (κ2) is 9.78. The Bertz CT molecular complexity index is 628. The molecule has 1 aliphatic carbocycles. The zero-order valence-corrected chi connectivity index (χ0v) is 18.3. The number of fused-ring (bicyclic) bond motifs is 1. The molecular weight excluding hydrogens is 441 g/mol. The number of hydrogen-bond acceptors (Lipinski definition) is 3. The number of nitrogens with one attached hydrogen (secondary N) is 2. The zero-order valence-electron chi connectivity index (χ0n) is 15.9. The highest BCUT2D eigenvalue weighted by Gasteiger charge is 2.29. The van der Waals surface area contributed by atoms with Gasteiger partial charge in [0.1, 0.15) is 5.75 Å². The van der Waals surface area contributed by atoms with Crippen molar-refractivity contribution in [3.05, 3.63) is 28.8 Å². The van der Waals surface area contributed by atoms with Gasteiger partial charge in [0.2, 0.25) is 0 Å². The Morgan fingerprint density at radius 1 is 1.23 bits per heavy atom. The number of benzene rings is 1. The summed E-state index contributed by atoms with van der Waals surface area (Å²) < 4.78 is 5.84. The fourth-order valence-electron chi connectivity index (χ4n) is 3.82. The molecule has 0 bridgehead atoms. The minimum absolute atomic E-state index is 0. The molecule has 146 valence electrons. The molecule has 1 heterocycles. The summed E-state index contributed by atoms with van der Waals surface area (Å²) in [7, 11) is 0. The molecule has 3 N–H and O–H groups in total. The Morgan fingerprint density at radius 3 is 2.77 bits per heavy atom. The van der Waals surface area contributed by atoms with Gasteiger partial charge in [-0.1, -0.05) is 6.07 Å². The summed E-state index contributed by atoms with van der Waals surface area (Å²) in [6.45, 7) is 7.11. The Morgan fingerprint density at radius 2 is 2.04 bits per heavy atom. The predicted octanol–water partition coefficient (Wildman–Crippen LogP) is 3.51. The van der Waals surface area contributed by atoms with E-state index in [1.807, 2.05) is 6.07 Å². The number of phenolic OH excluding ortho intramolecular Hbond substituents is 1. The highest BCUT2D eigenvalue weighted by Crippen LogP contribution is 2.31. The first-order valence-corrected chi connectivity index (χ1v) is 9.60. The molecule has 1 aliphatic heterocycles. The van der Waals surface area contributed by atoms with Gasteiger partial charge in [0, 0.05) is 25.3 Å². The quantitative estimate of drug-likeness (QED) is 0.348. The molecular formula is C20H32IN3O2. The second-order valence-corrected chi connectivity index (χ2v) is 7.36. The first kappa shape index (κ1) is 21.3. The molecule has 0 spiro atoms. The molecule has 26 heavy (non-hydrogen) atoms. The van der Waals surface area contributed by atoms with Gasteiger partial charge in [-0.15, -0.1) is 24.0 Å². The lowest BCUT2D eigenvalue weighted by Crippen LogP contribution is -2.45. The Kier molecular flexibility index (Phi) is 8.01. The van der Waals surface area contributed by atoms with Crippen molar-refractivity contribution in [2.45, 2.75) is 64.5 Å². The van der Waals surface area contributed by atoms with E-state index in [9.17, 15) is 5.11 Å². The summed E-state index contributed by atoms with van der Waals surface area (Å²) in [6.07, 6.45) is 6.79. The van der Waals surface area contributed by atoms with Gasteiger partial charge < -0.3 is 20.5 Å². The van der Waals surface area contributed by atoms with E-state index in [0.717, 1.165) is 56.9 Å². The minimum Gasteiger partial charge on any atom is -0.508 e. The molecule has 0 saturated carbocycles. The summed E-state index contributed by atoms with van der Waals surface area (Å²) in [5.41, 5.74) is 3.55. The highest BCUT2D eigenvalue weighted by molar-refractivity contribution is 14.0. The van der Waals surface area contributed by atoms with Crippen LogP contribution in [0.2, 0.25) is 0 Å². The predicted molar refractivity (Wildman–Crippen MR) is 117 cm³/mol. The number of phenols is 1. The van der Waals surface area contributed by atoms with E-state index in [4.69, 9.17) is 9.73 Å². The van der Waals surface area contributed by atoms with Crippen molar-refractivity contribution in [3.63, 3.8) is 0 Å². The lowest BCUT2D eigenvalue weighted by molar-refractivity contribution is 0.0243. The fraction of sp³-hybridized carbons (Fsp3) is 0.650. The number of hydrogen-bond donors (Lipinski definition) is 3. The highest BCUT2D eigenvalue weighted by atomic mass is 127. The maximum Gasteiger partial charge on any atom is 0.191 e. The van der Waals surface area contributed by atoms with E-state index < -0.39 is 0 Å². The second-order valence-electron chi connectivity index (χ2n) is 7.36. The fourth-order valence-corrected chi connectivity index (χ4v) is 3.82. The van der Waals surface area contributed by atoms with Gasteiger partial charge in [-0.3, -0.25) is 0 Å². The number of halogens is 1. The van der Waals surface area contributed by atoms with Crippen LogP contribution in [0, 0.1) is 0 Å². The molecule has 1 fully saturated rings. The monoisotopic (exact) mass is 473 g/mol. The molecule has 5 nitrogen and oxygen atoms in total. The van der Waals surface area contributed by atoms with Gasteiger partial charge in [-0.25, -0.2) is 4.99 Å². The van der Waals surface area contributed by atoms with Crippen LogP contribution in [0.5, 0.6) is 5.75 Å². The maximum absolute atomic E-state index is 10.3. The van der Waals surface area contributed by atoms with Crippen molar-refractivity contribution in [3.8, 4) is 5.75 Å². The van der Waals surface area contributed by atoms with Crippen LogP contribution in [0.1, 0.15) is 56.2 Å². The molecule has 1 aromatic rings. The van der Waals surface area contributed by atoms with Gasteiger partial charge >= 0.3 is 0 Å². The zero-order chi connectivity index (χ0) is 17.7. The van der Waals surface area contributed by atoms with Crippen molar-refractivity contribution in [2.24, 2.45) is 4.99 Å². The van der Waals surface area contributed by atoms with E-state index >= 15 is 0 Å². The molecule has 0 radical (unpaired) electrons. The van der Waals surface area contributed by atoms with Gasteiger partial charge in [-0.2, -0.15) is 0 Å². The molecule has 0 amide bonds. The Hall–Kier alpha value is -1.02. The first-order valence-electron chi connectivity index (χ1n) is 9.60. The molecule has 0 aromatic heterocycles. The van der Waals surface area contributed by atoms with Crippen LogP contribution in [-0.4, -0.2) is 36.4 Å². The van der Waals surface area contributed by atoms with E-state index in [2.05, 4.69) is 30.5 Å². The summed E-state index contributed by atoms with van der Waals surface area (Å²) >= 11 is 0. The smallest absolute Gasteiger partial charge is 0.191 e. The van der Waals surface area contributed by atoms with Gasteiger partial charge in [-0.05, 0) is 69.6 Å². The topological polar surface area (TPSA) is 65.9 Å². The number of aryl methyl sites for hydroxylation is 1. The minimum atomic E-state index is -0.107. The average molecular weight is 473 g/mol. The number of aromatic hydroxyl groups is 1. The Balaban J connectivity index is 0.00000243. The van der Waals surface area contributed by atoms with Crippen molar-refractivity contribution >= 4 is 29.9 Å². The number of nitrogens with zero attached hydrogens (tertiary/aromatic N) is 1. The summed E-state index contributed by atoms with van der Waals surface area (Å²) in [5.74, 6) is 1.15. The largest absolute Gasteiger partial charge is 0.508 e. The van der Waals surface area contributed by atoms with E-state index in [0.29, 0.717) is 12.3 Å². The Labute approximate surface area is 174 Å². The summed E-state index contributed by atoms with van der Waals surface area (Å²) in [4.78, 5) is 4.72. The van der Waals surface area contributed by atoms with Crippen molar-refractivity contribution in [2.75, 3.05) is 19.7 Å². The van der Waals surface area contributed by atoms with Crippen molar-refractivity contribution in [1.82, 2.24) is 10.6 Å². The third-order valence-corrected chi connectivity index (χ3v) is 5.30. The molecule has 1 atom stereocenters. The number of ether oxygens (including phenoxy) is 1. The van der Waals surface area contributed by atoms with Gasteiger partial charge in [0.05, 0.1) is 12.1 Å². The van der Waals surface area contributed by atoms with Crippen LogP contribution >= 0.6 is 24.0 Å². The van der Waals surface area contributed by atoms with Crippen LogP contribution in [0.15, 0.2) is 17.1 Å². The summed E-state index contributed by atoms with van der Waals surface area (Å²) in [5, 5.41) is 17.0. The van der Waals surface area contributed by atoms with Crippen molar-refractivity contribution in [1.29, 1.82) is 0 Å². The normalized spacial score (nSPS) is 22.5. The molecule has 6 heteroatoms. The van der Waals surface area contributed by atoms with Crippen LogP contribution in [0.25, 0.3) is 0 Å². The molecule has 1 unspecified atom stereocenters. The maximum atomic E-state index is 10.3. The van der Waals surface area contributed by atoms with E-state index in [-0.39, 0.29) is 29.6 Å². The number of aliphatic imine (C=N–C) groups is 1. The standard InChI is InChI=1S/C20H31N3O2.HI/c1-3-21-19(23-14-20(2)11-6-12-25-20)22-13-17-16-8-5-4-7-15(16)9-10-18(17)24;/h9-10,24H,3-8,11-14H2,1-2H3,(H2,21,22,23);1H. The molecule has 1 aromatic carbocycles. The van der Waals surface area contributed by atoms with Crippen LogP contribution in [-0.2, 0) is 24.1 Å². The van der Waals surface area contributed by atoms with E-state index in [1.165, 1.54) is 24.0 Å². The first-order chi connectivity index (χ1) is 12.1. The van der Waals surface area contributed by atoms with Gasteiger partial charge in [0.25, 0.3) is 0 Å². The lowest BCUT2D eigenvalue weighted by Gasteiger charge is -2.25. The van der Waals surface area contributed by atoms with Crippen molar-refractivity contribution < 1.29 is 9.84 Å².